The Balaban J connectivity index is 3.87. The van der Waals surface area contributed by atoms with E-state index in [-0.39, 0.29) is 19.1 Å². The smallest absolute Gasteiger partial charge is 0.329 e. The number of ether oxygens (including phenoxy) is 1. The molecule has 0 bridgehead atoms. The molecule has 0 saturated heterocycles. The van der Waals surface area contributed by atoms with E-state index in [9.17, 15) is 14.4 Å². The molecular formula is C10H18N2O6. The molecule has 18 heavy (non-hydrogen) atoms. The largest absolute Gasteiger partial charge is 0.480 e. The fourth-order valence-electron chi connectivity index (χ4n) is 1.20. The average Bonchev–Trinajstić information content (AvgIpc) is 2.22. The lowest BCUT2D eigenvalue weighted by Gasteiger charge is -2.19. The molecule has 8 heteroatoms. The molecule has 0 saturated carbocycles. The van der Waals surface area contributed by atoms with Crippen molar-refractivity contribution in [1.29, 1.82) is 0 Å². The molecule has 0 fully saturated rings. The predicted octanol–water partition coefficient (Wildman–Crippen LogP) is -1.39. The third kappa shape index (κ3) is 10.8. The van der Waals surface area contributed by atoms with Crippen LogP contribution < -0.4 is 5.32 Å². The van der Waals surface area contributed by atoms with E-state index in [4.69, 9.17) is 14.9 Å². The Labute approximate surface area is 105 Å². The summed E-state index contributed by atoms with van der Waals surface area (Å²) in [6.07, 6.45) is 0. The van der Waals surface area contributed by atoms with Gasteiger partial charge >= 0.3 is 11.9 Å². The average molecular weight is 262 g/mol. The Morgan fingerprint density at radius 2 is 1.83 bits per heavy atom. The highest BCUT2D eigenvalue weighted by Gasteiger charge is 2.09. The molecule has 0 atom stereocenters. The first-order chi connectivity index (χ1) is 8.41. The number of carbonyl (C=O) groups is 3. The van der Waals surface area contributed by atoms with Crippen LogP contribution in [0.1, 0.15) is 6.92 Å². The van der Waals surface area contributed by atoms with Gasteiger partial charge in [-0.25, -0.2) is 4.79 Å². The van der Waals surface area contributed by atoms with Gasteiger partial charge in [-0.2, -0.15) is 0 Å². The Morgan fingerprint density at radius 1 is 1.17 bits per heavy atom. The Hall–Kier alpha value is -1.67. The first-order valence-corrected chi connectivity index (χ1v) is 5.40. The molecule has 0 aliphatic heterocycles. The Kier molecular flexibility index (Phi) is 8.50. The van der Waals surface area contributed by atoms with Gasteiger partial charge in [-0.3, -0.25) is 14.5 Å². The zero-order valence-corrected chi connectivity index (χ0v) is 10.2. The minimum absolute atomic E-state index is 0.125. The number of aliphatic carboxylic acids is 2. The number of carbonyl (C=O) groups excluding carboxylic acids is 1. The van der Waals surface area contributed by atoms with Gasteiger partial charge in [0.15, 0.2) is 0 Å². The maximum Gasteiger partial charge on any atom is 0.329 e. The number of carboxylic acid groups (broad SMARTS) is 2. The van der Waals surface area contributed by atoms with Crippen LogP contribution in [0.15, 0.2) is 0 Å². The van der Waals surface area contributed by atoms with Gasteiger partial charge < -0.3 is 20.3 Å². The molecule has 104 valence electrons. The number of amides is 1. The number of nitrogens with zero attached hydrogens (tertiary/aromatic N) is 1. The van der Waals surface area contributed by atoms with Gasteiger partial charge in [0.1, 0.15) is 6.61 Å². The summed E-state index contributed by atoms with van der Waals surface area (Å²) in [4.78, 5) is 33.0. The van der Waals surface area contributed by atoms with Gasteiger partial charge in [-0.1, -0.05) is 0 Å². The van der Waals surface area contributed by atoms with Gasteiger partial charge in [-0.05, 0) is 0 Å². The summed E-state index contributed by atoms with van der Waals surface area (Å²) < 4.78 is 4.81. The fraction of sp³-hybridized carbons (Fsp3) is 0.700. The molecule has 0 heterocycles. The van der Waals surface area contributed by atoms with E-state index < -0.39 is 18.5 Å². The lowest BCUT2D eigenvalue weighted by molar-refractivity contribution is -0.143. The van der Waals surface area contributed by atoms with E-state index >= 15 is 0 Å². The number of hydrogen-bond donors (Lipinski definition) is 3. The minimum Gasteiger partial charge on any atom is -0.480 e. The maximum atomic E-state index is 10.6. The van der Waals surface area contributed by atoms with Crippen LogP contribution in [-0.4, -0.2) is 72.4 Å². The van der Waals surface area contributed by atoms with Gasteiger partial charge in [0.2, 0.25) is 5.91 Å². The molecule has 0 aliphatic carbocycles. The predicted molar refractivity (Wildman–Crippen MR) is 61.2 cm³/mol. The molecule has 0 aromatic rings. The van der Waals surface area contributed by atoms with Crippen molar-refractivity contribution in [2.75, 3.05) is 39.4 Å². The SMILES string of the molecule is CC(=O)NCCN(CCOCC(=O)O)CC(=O)O. The van der Waals surface area contributed by atoms with E-state index in [1.807, 2.05) is 0 Å². The molecule has 3 N–H and O–H groups in total. The van der Waals surface area contributed by atoms with E-state index in [1.54, 1.807) is 4.90 Å². The number of hydrogen-bond acceptors (Lipinski definition) is 5. The molecular weight excluding hydrogens is 244 g/mol. The molecule has 0 spiro atoms. The molecule has 8 nitrogen and oxygen atoms in total. The molecule has 0 radical (unpaired) electrons. The van der Waals surface area contributed by atoms with E-state index in [2.05, 4.69) is 5.32 Å². The first-order valence-electron chi connectivity index (χ1n) is 5.40. The fourth-order valence-corrected chi connectivity index (χ4v) is 1.20. The van der Waals surface area contributed by atoms with Crippen LogP contribution in [0.5, 0.6) is 0 Å². The van der Waals surface area contributed by atoms with Crippen molar-refractivity contribution in [1.82, 2.24) is 10.2 Å². The van der Waals surface area contributed by atoms with Crippen molar-refractivity contribution in [2.24, 2.45) is 0 Å². The second kappa shape index (κ2) is 9.37. The van der Waals surface area contributed by atoms with Crippen LogP contribution in [0.4, 0.5) is 0 Å². The van der Waals surface area contributed by atoms with Crippen molar-refractivity contribution in [3.05, 3.63) is 0 Å². The Morgan fingerprint density at radius 3 is 2.33 bits per heavy atom. The first kappa shape index (κ1) is 16.3. The summed E-state index contributed by atoms with van der Waals surface area (Å²) in [7, 11) is 0. The summed E-state index contributed by atoms with van der Waals surface area (Å²) in [6, 6.07) is 0. The van der Waals surface area contributed by atoms with Crippen LogP contribution in [0, 0.1) is 0 Å². The topological polar surface area (TPSA) is 116 Å². The van der Waals surface area contributed by atoms with E-state index in [1.165, 1.54) is 6.92 Å². The summed E-state index contributed by atoms with van der Waals surface area (Å²) in [5.74, 6) is -2.25. The minimum atomic E-state index is -1.07. The second-order valence-electron chi connectivity index (χ2n) is 3.60. The monoisotopic (exact) mass is 262 g/mol. The standard InChI is InChI=1S/C10H18N2O6/c1-8(13)11-2-3-12(6-9(14)15)4-5-18-7-10(16)17/h2-7H2,1H3,(H,11,13)(H,14,15)(H,16,17). The van der Waals surface area contributed by atoms with Crippen molar-refractivity contribution in [3.8, 4) is 0 Å². The van der Waals surface area contributed by atoms with Gasteiger partial charge in [0.05, 0.1) is 13.2 Å². The lowest BCUT2D eigenvalue weighted by Crippen LogP contribution is -2.39. The summed E-state index contributed by atoms with van der Waals surface area (Å²) >= 11 is 0. The highest BCUT2D eigenvalue weighted by molar-refractivity contribution is 5.72. The Bertz CT molecular complexity index is 294. The number of rotatable bonds is 10. The molecule has 1 amide bonds. The van der Waals surface area contributed by atoms with Crippen LogP contribution in [0.25, 0.3) is 0 Å². The molecule has 0 aromatic carbocycles. The summed E-state index contributed by atoms with van der Waals surface area (Å²) in [5.41, 5.74) is 0. The highest BCUT2D eigenvalue weighted by atomic mass is 16.5. The maximum absolute atomic E-state index is 10.6. The van der Waals surface area contributed by atoms with Crippen molar-refractivity contribution >= 4 is 17.8 Å². The zero-order chi connectivity index (χ0) is 14.0. The van der Waals surface area contributed by atoms with Crippen molar-refractivity contribution < 1.29 is 29.3 Å². The van der Waals surface area contributed by atoms with Gasteiger partial charge in [0.25, 0.3) is 0 Å². The van der Waals surface area contributed by atoms with Crippen molar-refractivity contribution in [2.45, 2.75) is 6.92 Å². The normalized spacial score (nSPS) is 10.3. The van der Waals surface area contributed by atoms with Crippen LogP contribution in [0.2, 0.25) is 0 Å². The molecule has 0 aromatic heterocycles. The summed E-state index contributed by atoms with van der Waals surface area (Å²) in [5, 5.41) is 19.6. The number of nitrogens with one attached hydrogen (secondary N) is 1. The van der Waals surface area contributed by atoms with Crippen LogP contribution in [0.3, 0.4) is 0 Å². The van der Waals surface area contributed by atoms with Gasteiger partial charge in [-0.15, -0.1) is 0 Å². The quantitative estimate of drug-likeness (QED) is 0.415. The molecule has 0 aliphatic rings. The molecule has 0 unspecified atom stereocenters. The zero-order valence-electron chi connectivity index (χ0n) is 10.2. The van der Waals surface area contributed by atoms with E-state index in [0.29, 0.717) is 19.6 Å². The molecule has 0 rings (SSSR count). The third-order valence-electron chi connectivity index (χ3n) is 1.94. The second-order valence-corrected chi connectivity index (χ2v) is 3.60. The van der Waals surface area contributed by atoms with E-state index in [0.717, 1.165) is 0 Å². The highest BCUT2D eigenvalue weighted by Crippen LogP contribution is 1.89. The van der Waals surface area contributed by atoms with Crippen molar-refractivity contribution in [3.63, 3.8) is 0 Å². The number of carboxylic acids is 2. The summed E-state index contributed by atoms with van der Waals surface area (Å²) in [6.45, 7) is 1.89. The van der Waals surface area contributed by atoms with Crippen LogP contribution >= 0.6 is 0 Å². The van der Waals surface area contributed by atoms with Gasteiger partial charge in [0, 0.05) is 26.6 Å². The van der Waals surface area contributed by atoms with Crippen LogP contribution in [-0.2, 0) is 19.1 Å². The lowest BCUT2D eigenvalue weighted by atomic mass is 10.4. The third-order valence-corrected chi connectivity index (χ3v) is 1.94.